The fraction of sp³-hybridized carbons (Fsp3) is 0.684. The summed E-state index contributed by atoms with van der Waals surface area (Å²) in [5, 5.41) is 3.75. The summed E-state index contributed by atoms with van der Waals surface area (Å²) in [6, 6.07) is 0.533. The zero-order chi connectivity index (χ0) is 14.4. The lowest BCUT2D eigenvalue weighted by Crippen LogP contribution is -2.36. The van der Waals surface area contributed by atoms with Crippen LogP contribution >= 0.6 is 0 Å². The number of hydrogen-bond donors (Lipinski definition) is 1. The van der Waals surface area contributed by atoms with Gasteiger partial charge in [0.25, 0.3) is 0 Å². The van der Waals surface area contributed by atoms with E-state index in [1.54, 1.807) is 0 Å². The lowest BCUT2D eigenvalue weighted by molar-refractivity contribution is 0.306. The summed E-state index contributed by atoms with van der Waals surface area (Å²) >= 11 is 0. The second-order valence-electron chi connectivity index (χ2n) is 6.64. The van der Waals surface area contributed by atoms with Crippen LogP contribution in [0.5, 0.6) is 0 Å². The molecule has 1 nitrogen and oxygen atoms in total. The molecule has 1 heteroatoms. The van der Waals surface area contributed by atoms with E-state index in [4.69, 9.17) is 0 Å². The van der Waals surface area contributed by atoms with E-state index in [2.05, 4.69) is 50.4 Å². The van der Waals surface area contributed by atoms with Gasteiger partial charge in [-0.15, -0.1) is 0 Å². The maximum atomic E-state index is 3.75. The summed E-state index contributed by atoms with van der Waals surface area (Å²) < 4.78 is 0. The van der Waals surface area contributed by atoms with Crippen LogP contribution in [0.25, 0.3) is 0 Å². The van der Waals surface area contributed by atoms with Crippen LogP contribution in [-0.4, -0.2) is 6.04 Å². The van der Waals surface area contributed by atoms with Crippen LogP contribution in [0.1, 0.15) is 65.7 Å². The molecule has 0 amide bonds. The Balaban J connectivity index is 2.03. The molecule has 0 saturated heterocycles. The zero-order valence-corrected chi connectivity index (χ0v) is 13.5. The third kappa shape index (κ3) is 4.26. The summed E-state index contributed by atoms with van der Waals surface area (Å²) in [5.74, 6) is 1.76. The monoisotopic (exact) mass is 273 g/mol. The van der Waals surface area contributed by atoms with E-state index >= 15 is 0 Å². The lowest BCUT2D eigenvalue weighted by Gasteiger charge is -2.29. The van der Waals surface area contributed by atoms with Crippen molar-refractivity contribution in [1.29, 1.82) is 0 Å². The molecule has 0 aromatic heterocycles. The second kappa shape index (κ2) is 7.71. The second-order valence-corrected chi connectivity index (χ2v) is 6.64. The van der Waals surface area contributed by atoms with Gasteiger partial charge in [0.15, 0.2) is 0 Å². The number of hydrogen-bond acceptors (Lipinski definition) is 1. The first-order valence-corrected chi connectivity index (χ1v) is 8.50. The predicted octanol–water partition coefficient (Wildman–Crippen LogP) is 5.36. The van der Waals surface area contributed by atoms with Crippen molar-refractivity contribution in [2.75, 3.05) is 0 Å². The molecule has 1 aliphatic carbocycles. The summed E-state index contributed by atoms with van der Waals surface area (Å²) in [7, 11) is 0. The third-order valence-electron chi connectivity index (χ3n) is 4.90. The molecule has 1 aliphatic heterocycles. The van der Waals surface area contributed by atoms with Crippen molar-refractivity contribution >= 4 is 0 Å². The van der Waals surface area contributed by atoms with Crippen LogP contribution in [0.2, 0.25) is 0 Å². The normalized spacial score (nSPS) is 37.0. The first kappa shape index (κ1) is 15.4. The Labute approximate surface area is 125 Å². The number of rotatable bonds is 5. The zero-order valence-electron chi connectivity index (χ0n) is 13.5. The largest absolute Gasteiger partial charge is 0.382 e. The fourth-order valence-electron chi connectivity index (χ4n) is 3.82. The maximum Gasteiger partial charge on any atom is 0.0477 e. The highest BCUT2D eigenvalue weighted by molar-refractivity contribution is 5.27. The van der Waals surface area contributed by atoms with E-state index in [0.29, 0.717) is 6.04 Å². The van der Waals surface area contributed by atoms with Gasteiger partial charge >= 0.3 is 0 Å². The summed E-state index contributed by atoms with van der Waals surface area (Å²) in [6.45, 7) is 6.71. The Morgan fingerprint density at radius 2 is 2.05 bits per heavy atom. The van der Waals surface area contributed by atoms with Crippen molar-refractivity contribution in [3.05, 3.63) is 35.6 Å². The van der Waals surface area contributed by atoms with Crippen molar-refractivity contribution < 1.29 is 0 Å². The summed E-state index contributed by atoms with van der Waals surface area (Å²) in [4.78, 5) is 0. The van der Waals surface area contributed by atoms with E-state index in [0.717, 1.165) is 11.8 Å². The van der Waals surface area contributed by atoms with E-state index in [9.17, 15) is 0 Å². The highest BCUT2D eigenvalue weighted by Gasteiger charge is 2.32. The SMILES string of the molecule is CCCCCC1CCCC1C1/C=C(C)/C=C\C=C(\C)N1. The Morgan fingerprint density at radius 1 is 1.20 bits per heavy atom. The minimum atomic E-state index is 0.533. The number of nitrogens with one attached hydrogen (secondary N) is 1. The van der Waals surface area contributed by atoms with Crippen LogP contribution in [0.15, 0.2) is 35.6 Å². The molecule has 3 unspecified atom stereocenters. The average molecular weight is 273 g/mol. The topological polar surface area (TPSA) is 12.0 Å². The molecule has 0 spiro atoms. The molecule has 0 aromatic rings. The third-order valence-corrected chi connectivity index (χ3v) is 4.90. The van der Waals surface area contributed by atoms with Gasteiger partial charge in [0.05, 0.1) is 0 Å². The van der Waals surface area contributed by atoms with Crippen molar-refractivity contribution in [3.8, 4) is 0 Å². The Bertz CT molecular complexity index is 389. The van der Waals surface area contributed by atoms with E-state index in [1.165, 1.54) is 56.2 Å². The predicted molar refractivity (Wildman–Crippen MR) is 88.6 cm³/mol. The molecule has 0 bridgehead atoms. The number of unbranched alkanes of at least 4 members (excludes halogenated alkanes) is 2. The van der Waals surface area contributed by atoms with Crippen LogP contribution in [-0.2, 0) is 0 Å². The van der Waals surface area contributed by atoms with Crippen LogP contribution in [0, 0.1) is 11.8 Å². The molecule has 3 atom stereocenters. The van der Waals surface area contributed by atoms with Gasteiger partial charge in [-0.1, -0.05) is 69.2 Å². The van der Waals surface area contributed by atoms with Gasteiger partial charge in [0.1, 0.15) is 0 Å². The maximum absolute atomic E-state index is 3.75. The van der Waals surface area contributed by atoms with Gasteiger partial charge in [-0.3, -0.25) is 0 Å². The number of allylic oxidation sites excluding steroid dienone is 5. The van der Waals surface area contributed by atoms with Crippen LogP contribution in [0.4, 0.5) is 0 Å². The van der Waals surface area contributed by atoms with E-state index < -0.39 is 0 Å². The van der Waals surface area contributed by atoms with Gasteiger partial charge in [-0.05, 0) is 38.2 Å². The van der Waals surface area contributed by atoms with Crippen molar-refractivity contribution in [3.63, 3.8) is 0 Å². The van der Waals surface area contributed by atoms with Gasteiger partial charge in [-0.2, -0.15) is 0 Å². The van der Waals surface area contributed by atoms with Gasteiger partial charge in [0.2, 0.25) is 0 Å². The van der Waals surface area contributed by atoms with Crippen LogP contribution in [0.3, 0.4) is 0 Å². The molecule has 2 aliphatic rings. The van der Waals surface area contributed by atoms with E-state index in [-0.39, 0.29) is 0 Å². The molecule has 1 fully saturated rings. The molecule has 1 heterocycles. The molecule has 0 radical (unpaired) electrons. The van der Waals surface area contributed by atoms with Crippen molar-refractivity contribution in [2.24, 2.45) is 11.8 Å². The minimum Gasteiger partial charge on any atom is -0.382 e. The first-order valence-electron chi connectivity index (χ1n) is 8.50. The van der Waals surface area contributed by atoms with E-state index in [1.807, 2.05) is 0 Å². The standard InChI is InChI=1S/C19H31N/c1-4-5-6-11-17-12-8-13-18(17)19-14-15(2)9-7-10-16(3)20-19/h7,9-10,14,17-20H,4-6,8,11-13H2,1-3H3/b9-7-,15-14+,16-10-. The Kier molecular flexibility index (Phi) is 5.94. The molecule has 1 saturated carbocycles. The molecule has 0 aromatic carbocycles. The van der Waals surface area contributed by atoms with Crippen LogP contribution < -0.4 is 5.32 Å². The molecule has 2 rings (SSSR count). The van der Waals surface area contributed by atoms with Gasteiger partial charge in [-0.25, -0.2) is 0 Å². The summed E-state index contributed by atoms with van der Waals surface area (Å²) in [5.41, 5.74) is 2.69. The first-order chi connectivity index (χ1) is 9.70. The van der Waals surface area contributed by atoms with Crippen molar-refractivity contribution in [1.82, 2.24) is 5.32 Å². The Hall–Kier alpha value is -0.980. The molecular weight excluding hydrogens is 242 g/mol. The van der Waals surface area contributed by atoms with Crippen molar-refractivity contribution in [2.45, 2.75) is 71.8 Å². The molecule has 1 N–H and O–H groups in total. The quantitative estimate of drug-likeness (QED) is 0.665. The lowest BCUT2D eigenvalue weighted by atomic mass is 9.84. The molecule has 112 valence electrons. The Morgan fingerprint density at radius 3 is 2.85 bits per heavy atom. The highest BCUT2D eigenvalue weighted by Crippen LogP contribution is 2.38. The molecular formula is C19H31N. The van der Waals surface area contributed by atoms with Gasteiger partial charge < -0.3 is 5.32 Å². The fourth-order valence-corrected chi connectivity index (χ4v) is 3.82. The average Bonchev–Trinajstić information content (AvgIpc) is 2.84. The minimum absolute atomic E-state index is 0.533. The van der Waals surface area contributed by atoms with Gasteiger partial charge in [0, 0.05) is 11.7 Å². The molecule has 20 heavy (non-hydrogen) atoms. The summed E-state index contributed by atoms with van der Waals surface area (Å²) in [6.07, 6.45) is 18.9. The smallest absolute Gasteiger partial charge is 0.0477 e. The highest BCUT2D eigenvalue weighted by atomic mass is 14.9.